The van der Waals surface area contributed by atoms with E-state index in [1.807, 2.05) is 0 Å². The molecule has 8 nitrogen and oxygen atoms in total. The second-order valence-corrected chi connectivity index (χ2v) is 4.76. The van der Waals surface area contributed by atoms with Gasteiger partial charge in [-0.1, -0.05) is 5.92 Å². The summed E-state index contributed by atoms with van der Waals surface area (Å²) >= 11 is 0. The van der Waals surface area contributed by atoms with Gasteiger partial charge in [0.25, 0.3) is 0 Å². The van der Waals surface area contributed by atoms with Crippen LogP contribution in [0.4, 0.5) is 5.82 Å². The zero-order chi connectivity index (χ0) is 15.1. The molecule has 2 heterocycles. The molecule has 0 aliphatic carbocycles. The van der Waals surface area contributed by atoms with Gasteiger partial charge in [-0.25, -0.2) is 4.79 Å². The van der Waals surface area contributed by atoms with Gasteiger partial charge in [-0.15, -0.1) is 6.42 Å². The molecule has 0 saturated carbocycles. The maximum absolute atomic E-state index is 11.8. The summed E-state index contributed by atoms with van der Waals surface area (Å²) in [7, 11) is 0. The van der Waals surface area contributed by atoms with Crippen LogP contribution in [0.1, 0.15) is 13.2 Å². The van der Waals surface area contributed by atoms with Crippen LogP contribution in [-0.2, 0) is 4.74 Å². The molecule has 1 unspecified atom stereocenters. The van der Waals surface area contributed by atoms with E-state index in [9.17, 15) is 15.0 Å². The first-order valence-corrected chi connectivity index (χ1v) is 5.94. The first-order chi connectivity index (χ1) is 9.31. The van der Waals surface area contributed by atoms with Crippen molar-refractivity contribution in [3.05, 3.63) is 22.7 Å². The van der Waals surface area contributed by atoms with Gasteiger partial charge in [0.15, 0.2) is 11.8 Å². The Hall–Kier alpha value is -1.92. The lowest BCUT2D eigenvalue weighted by atomic mass is 9.90. The first-order valence-electron chi connectivity index (χ1n) is 5.94. The molecule has 5 atom stereocenters. The van der Waals surface area contributed by atoms with Crippen molar-refractivity contribution in [1.82, 2.24) is 9.55 Å². The molecule has 0 amide bonds. The Morgan fingerprint density at radius 1 is 1.70 bits per heavy atom. The maximum atomic E-state index is 11.8. The predicted molar refractivity (Wildman–Crippen MR) is 70.3 cm³/mol. The first kappa shape index (κ1) is 14.5. The van der Waals surface area contributed by atoms with Gasteiger partial charge in [0.05, 0.1) is 6.10 Å². The van der Waals surface area contributed by atoms with E-state index in [4.69, 9.17) is 22.6 Å². The number of anilines is 1. The third-order valence-corrected chi connectivity index (χ3v) is 3.32. The smallest absolute Gasteiger partial charge is 0.351 e. The summed E-state index contributed by atoms with van der Waals surface area (Å²) in [6.45, 7) is 1.43. The zero-order valence-corrected chi connectivity index (χ0v) is 10.8. The molecule has 8 heteroatoms. The lowest BCUT2D eigenvalue weighted by Gasteiger charge is -2.27. The lowest BCUT2D eigenvalue weighted by molar-refractivity contribution is -0.0778. The van der Waals surface area contributed by atoms with Crippen LogP contribution in [0.3, 0.4) is 0 Å². The van der Waals surface area contributed by atoms with Crippen LogP contribution in [0.2, 0.25) is 0 Å². The standard InChI is InChI=1S/C12H16N4O4/c1-3-12(14)9(18)8(6(2)17)20-10(12)16-5-4-7(13)15-11(16)19/h1,4-6,8-10,17-18H,14H2,2H3,(H2,13,15,19)/t6-,8+,9-,10+,12?/m0/s1. The van der Waals surface area contributed by atoms with Crippen molar-refractivity contribution in [2.45, 2.75) is 37.0 Å². The Kier molecular flexibility index (Phi) is 3.54. The van der Waals surface area contributed by atoms with E-state index in [0.29, 0.717) is 0 Å². The Morgan fingerprint density at radius 3 is 2.85 bits per heavy atom. The van der Waals surface area contributed by atoms with E-state index in [2.05, 4.69) is 10.9 Å². The van der Waals surface area contributed by atoms with E-state index in [0.717, 1.165) is 4.57 Å². The molecule has 1 saturated heterocycles. The van der Waals surface area contributed by atoms with Crippen molar-refractivity contribution in [1.29, 1.82) is 0 Å². The normalized spacial score (nSPS) is 34.6. The minimum atomic E-state index is -1.66. The summed E-state index contributed by atoms with van der Waals surface area (Å²) in [5.74, 6) is 2.28. The van der Waals surface area contributed by atoms with Gasteiger partial charge in [-0.2, -0.15) is 4.98 Å². The molecule has 0 aromatic carbocycles. The number of aliphatic hydroxyl groups is 2. The van der Waals surface area contributed by atoms with Gasteiger partial charge in [0.2, 0.25) is 0 Å². The average molecular weight is 280 g/mol. The third kappa shape index (κ3) is 2.07. The molecule has 2 rings (SSSR count). The van der Waals surface area contributed by atoms with Gasteiger partial charge in [-0.3, -0.25) is 4.57 Å². The minimum absolute atomic E-state index is 0.0419. The largest absolute Gasteiger partial charge is 0.391 e. The Labute approximate surface area is 115 Å². The third-order valence-electron chi connectivity index (χ3n) is 3.32. The van der Waals surface area contributed by atoms with Gasteiger partial charge >= 0.3 is 5.69 Å². The fourth-order valence-electron chi connectivity index (χ4n) is 2.19. The highest BCUT2D eigenvalue weighted by atomic mass is 16.5. The van der Waals surface area contributed by atoms with Crippen LogP contribution in [0.5, 0.6) is 0 Å². The number of rotatable bonds is 2. The monoisotopic (exact) mass is 280 g/mol. The molecule has 1 aliphatic rings. The van der Waals surface area contributed by atoms with Crippen LogP contribution in [0.15, 0.2) is 17.1 Å². The van der Waals surface area contributed by atoms with Crippen molar-refractivity contribution >= 4 is 5.82 Å². The van der Waals surface area contributed by atoms with E-state index < -0.39 is 35.8 Å². The second kappa shape index (κ2) is 4.88. The minimum Gasteiger partial charge on any atom is -0.391 e. The summed E-state index contributed by atoms with van der Waals surface area (Å²) in [4.78, 5) is 15.4. The predicted octanol–water partition coefficient (Wildman–Crippen LogP) is -2.20. The molecule has 1 aromatic rings. The molecule has 1 aliphatic heterocycles. The molecule has 0 spiro atoms. The van der Waals surface area contributed by atoms with E-state index in [-0.39, 0.29) is 5.82 Å². The highest BCUT2D eigenvalue weighted by Crippen LogP contribution is 2.36. The van der Waals surface area contributed by atoms with Crippen molar-refractivity contribution in [2.24, 2.45) is 5.73 Å². The molecular weight excluding hydrogens is 264 g/mol. The molecule has 20 heavy (non-hydrogen) atoms. The van der Waals surface area contributed by atoms with Crippen molar-refractivity contribution in [3.63, 3.8) is 0 Å². The summed E-state index contributed by atoms with van der Waals surface area (Å²) in [5, 5.41) is 19.7. The number of aliphatic hydroxyl groups excluding tert-OH is 2. The number of nitrogens with zero attached hydrogens (tertiary/aromatic N) is 2. The van der Waals surface area contributed by atoms with E-state index in [1.165, 1.54) is 19.2 Å². The number of terminal acetylenes is 1. The highest BCUT2D eigenvalue weighted by molar-refractivity contribution is 5.26. The van der Waals surface area contributed by atoms with Crippen LogP contribution >= 0.6 is 0 Å². The average Bonchev–Trinajstić information content (AvgIpc) is 2.64. The Bertz CT molecular complexity index is 608. The van der Waals surface area contributed by atoms with Gasteiger partial charge < -0.3 is 26.4 Å². The molecule has 6 N–H and O–H groups in total. The van der Waals surface area contributed by atoms with Crippen LogP contribution in [0, 0.1) is 12.3 Å². The van der Waals surface area contributed by atoms with E-state index in [1.54, 1.807) is 0 Å². The highest BCUT2D eigenvalue weighted by Gasteiger charge is 2.55. The number of hydrogen-bond acceptors (Lipinski definition) is 7. The molecule has 1 aromatic heterocycles. The number of nitrogen functional groups attached to an aromatic ring is 1. The molecule has 0 bridgehead atoms. The number of hydrogen-bond donors (Lipinski definition) is 4. The summed E-state index contributed by atoms with van der Waals surface area (Å²) in [5.41, 5.74) is 9.00. The quantitative estimate of drug-likeness (QED) is 0.451. The van der Waals surface area contributed by atoms with Crippen molar-refractivity contribution in [2.75, 3.05) is 5.73 Å². The lowest BCUT2D eigenvalue weighted by Crippen LogP contribution is -2.55. The fourth-order valence-corrected chi connectivity index (χ4v) is 2.19. The zero-order valence-electron chi connectivity index (χ0n) is 10.8. The van der Waals surface area contributed by atoms with Gasteiger partial charge in [-0.05, 0) is 13.0 Å². The summed E-state index contributed by atoms with van der Waals surface area (Å²) in [6.07, 6.45) is 2.20. The van der Waals surface area contributed by atoms with E-state index >= 15 is 0 Å². The van der Waals surface area contributed by atoms with Crippen molar-refractivity contribution < 1.29 is 14.9 Å². The number of aromatic nitrogens is 2. The molecular formula is C12H16N4O4. The summed E-state index contributed by atoms with van der Waals surface area (Å²) in [6, 6.07) is 1.38. The Balaban J connectivity index is 2.50. The molecule has 1 fully saturated rings. The van der Waals surface area contributed by atoms with Crippen molar-refractivity contribution in [3.8, 4) is 12.3 Å². The Morgan fingerprint density at radius 2 is 2.35 bits per heavy atom. The SMILES string of the molecule is C#CC1(N)[C@@H](O)[C@@H]([C@H](C)O)O[C@H]1n1ccc(N)nc1=O. The molecule has 108 valence electrons. The van der Waals surface area contributed by atoms with Crippen LogP contribution in [0.25, 0.3) is 0 Å². The fraction of sp³-hybridized carbons (Fsp3) is 0.500. The number of ether oxygens (including phenoxy) is 1. The second-order valence-electron chi connectivity index (χ2n) is 4.76. The number of nitrogens with two attached hydrogens (primary N) is 2. The van der Waals surface area contributed by atoms with Crippen LogP contribution < -0.4 is 17.2 Å². The topological polar surface area (TPSA) is 137 Å². The van der Waals surface area contributed by atoms with Crippen LogP contribution in [-0.4, -0.2) is 43.6 Å². The van der Waals surface area contributed by atoms with Gasteiger partial charge in [0.1, 0.15) is 18.0 Å². The van der Waals surface area contributed by atoms with Gasteiger partial charge in [0, 0.05) is 6.20 Å². The maximum Gasteiger partial charge on any atom is 0.351 e. The molecule has 0 radical (unpaired) electrons. The summed E-state index contributed by atoms with van der Waals surface area (Å²) < 4.78 is 6.51.